The third-order valence-electron chi connectivity index (χ3n) is 2.23. The van der Waals surface area contributed by atoms with Gasteiger partial charge in [-0.3, -0.25) is 0 Å². The van der Waals surface area contributed by atoms with Gasteiger partial charge in [0.15, 0.2) is 11.6 Å². The highest BCUT2D eigenvalue weighted by atomic mass is 19.1. The number of nitrogens with two attached hydrogens (primary N) is 1. The first-order valence-electron chi connectivity index (χ1n) is 5.55. The molecule has 1 unspecified atom stereocenters. The summed E-state index contributed by atoms with van der Waals surface area (Å²) in [6.45, 7) is 6.50. The molecule has 0 bridgehead atoms. The molecule has 2 nitrogen and oxygen atoms in total. The number of hydrogen-bond donors (Lipinski definition) is 1. The second-order valence-corrected chi connectivity index (χ2v) is 5.04. The minimum Gasteiger partial charge on any atom is -0.490 e. The summed E-state index contributed by atoms with van der Waals surface area (Å²) < 4.78 is 18.6. The van der Waals surface area contributed by atoms with Crippen LogP contribution in [0.3, 0.4) is 0 Å². The molecule has 1 aromatic carbocycles. The average molecular weight is 225 g/mol. The zero-order valence-corrected chi connectivity index (χ0v) is 10.2. The normalized spacial score (nSPS) is 13.6. The third-order valence-corrected chi connectivity index (χ3v) is 2.23. The summed E-state index contributed by atoms with van der Waals surface area (Å²) in [6, 6.07) is 6.44. The first-order chi connectivity index (χ1) is 7.38. The summed E-state index contributed by atoms with van der Waals surface area (Å²) >= 11 is 0. The number of benzene rings is 1. The molecular formula is C13H20FNO. The summed E-state index contributed by atoms with van der Waals surface area (Å²) in [5, 5.41) is 0. The van der Waals surface area contributed by atoms with Crippen molar-refractivity contribution in [1.29, 1.82) is 0 Å². The Morgan fingerprint density at radius 3 is 2.56 bits per heavy atom. The monoisotopic (exact) mass is 225 g/mol. The van der Waals surface area contributed by atoms with Gasteiger partial charge < -0.3 is 10.5 Å². The number of halogens is 1. The third kappa shape index (κ3) is 4.62. The lowest BCUT2D eigenvalue weighted by Crippen LogP contribution is -2.35. The number of hydrogen-bond acceptors (Lipinski definition) is 2. The van der Waals surface area contributed by atoms with Crippen LogP contribution >= 0.6 is 0 Å². The fraction of sp³-hybridized carbons (Fsp3) is 0.538. The van der Waals surface area contributed by atoms with E-state index in [0.29, 0.717) is 18.3 Å². The van der Waals surface area contributed by atoms with E-state index in [2.05, 4.69) is 6.92 Å². The highest BCUT2D eigenvalue weighted by molar-refractivity contribution is 5.23. The Morgan fingerprint density at radius 1 is 1.38 bits per heavy atom. The van der Waals surface area contributed by atoms with E-state index < -0.39 is 0 Å². The van der Waals surface area contributed by atoms with Crippen molar-refractivity contribution in [2.75, 3.05) is 6.61 Å². The van der Waals surface area contributed by atoms with Crippen LogP contribution < -0.4 is 10.5 Å². The Labute approximate surface area is 96.6 Å². The molecule has 0 aliphatic carbocycles. The molecule has 3 heteroatoms. The predicted molar refractivity (Wildman–Crippen MR) is 63.9 cm³/mol. The molecule has 0 fully saturated rings. The first kappa shape index (κ1) is 13.0. The minimum absolute atomic E-state index is 0.210. The van der Waals surface area contributed by atoms with Gasteiger partial charge in [-0.25, -0.2) is 4.39 Å². The minimum atomic E-state index is -0.318. The van der Waals surface area contributed by atoms with Gasteiger partial charge in [0.05, 0.1) is 6.61 Å². The molecule has 16 heavy (non-hydrogen) atoms. The lowest BCUT2D eigenvalue weighted by atomic mass is 9.93. The van der Waals surface area contributed by atoms with Gasteiger partial charge in [-0.05, 0) is 38.3 Å². The van der Waals surface area contributed by atoms with Crippen molar-refractivity contribution in [1.82, 2.24) is 0 Å². The van der Waals surface area contributed by atoms with Gasteiger partial charge in [0.25, 0.3) is 0 Å². The van der Waals surface area contributed by atoms with Crippen LogP contribution in [0.15, 0.2) is 24.3 Å². The molecule has 0 heterocycles. The topological polar surface area (TPSA) is 35.2 Å². The van der Waals surface area contributed by atoms with Crippen molar-refractivity contribution in [2.24, 2.45) is 11.7 Å². The van der Waals surface area contributed by atoms with E-state index in [1.807, 2.05) is 13.8 Å². The molecule has 0 aromatic heterocycles. The van der Waals surface area contributed by atoms with E-state index in [1.54, 1.807) is 18.2 Å². The highest BCUT2D eigenvalue weighted by Crippen LogP contribution is 2.18. The Kier molecular flexibility index (Phi) is 4.30. The Bertz CT molecular complexity index is 333. The SMILES string of the molecule is CC(COc1ccccc1F)CC(C)(C)N. The van der Waals surface area contributed by atoms with Gasteiger partial charge >= 0.3 is 0 Å². The number of ether oxygens (including phenoxy) is 1. The zero-order valence-electron chi connectivity index (χ0n) is 10.2. The highest BCUT2D eigenvalue weighted by Gasteiger charge is 2.16. The van der Waals surface area contributed by atoms with Crippen LogP contribution in [-0.2, 0) is 0 Å². The van der Waals surface area contributed by atoms with Crippen LogP contribution in [0.25, 0.3) is 0 Å². The molecule has 1 atom stereocenters. The van der Waals surface area contributed by atoms with Crippen molar-refractivity contribution in [3.63, 3.8) is 0 Å². The maximum Gasteiger partial charge on any atom is 0.165 e. The van der Waals surface area contributed by atoms with Crippen molar-refractivity contribution in [3.05, 3.63) is 30.1 Å². The molecule has 1 aromatic rings. The molecular weight excluding hydrogens is 205 g/mol. The molecule has 0 saturated carbocycles. The van der Waals surface area contributed by atoms with E-state index in [-0.39, 0.29) is 11.4 Å². The summed E-state index contributed by atoms with van der Waals surface area (Å²) in [5.74, 6) is 0.297. The van der Waals surface area contributed by atoms with Gasteiger partial charge in [-0.2, -0.15) is 0 Å². The lowest BCUT2D eigenvalue weighted by molar-refractivity contribution is 0.222. The van der Waals surface area contributed by atoms with Crippen LogP contribution in [-0.4, -0.2) is 12.1 Å². The van der Waals surface area contributed by atoms with Gasteiger partial charge in [0, 0.05) is 5.54 Å². The van der Waals surface area contributed by atoms with Crippen LogP contribution in [0.2, 0.25) is 0 Å². The summed E-state index contributed by atoms with van der Waals surface area (Å²) in [6.07, 6.45) is 0.849. The summed E-state index contributed by atoms with van der Waals surface area (Å²) in [7, 11) is 0. The zero-order chi connectivity index (χ0) is 12.2. The standard InChI is InChI=1S/C13H20FNO/c1-10(8-13(2,3)15)9-16-12-7-5-4-6-11(12)14/h4-7,10H,8-9,15H2,1-3H3. The lowest BCUT2D eigenvalue weighted by Gasteiger charge is -2.23. The molecule has 0 aliphatic heterocycles. The molecule has 0 radical (unpaired) electrons. The predicted octanol–water partition coefficient (Wildman–Crippen LogP) is 2.97. The molecule has 1 rings (SSSR count). The molecule has 0 aliphatic rings. The molecule has 0 saturated heterocycles. The summed E-state index contributed by atoms with van der Waals surface area (Å²) in [5.41, 5.74) is 5.70. The molecule has 2 N–H and O–H groups in total. The summed E-state index contributed by atoms with van der Waals surface area (Å²) in [4.78, 5) is 0. The van der Waals surface area contributed by atoms with Crippen LogP contribution in [0.4, 0.5) is 4.39 Å². The first-order valence-corrected chi connectivity index (χ1v) is 5.55. The van der Waals surface area contributed by atoms with E-state index in [0.717, 1.165) is 6.42 Å². The quantitative estimate of drug-likeness (QED) is 0.836. The van der Waals surface area contributed by atoms with Crippen molar-refractivity contribution in [2.45, 2.75) is 32.7 Å². The van der Waals surface area contributed by atoms with Crippen molar-refractivity contribution >= 4 is 0 Å². The van der Waals surface area contributed by atoms with Crippen LogP contribution in [0.5, 0.6) is 5.75 Å². The fourth-order valence-electron chi connectivity index (χ4n) is 1.75. The van der Waals surface area contributed by atoms with E-state index in [9.17, 15) is 4.39 Å². The van der Waals surface area contributed by atoms with Crippen molar-refractivity contribution < 1.29 is 9.13 Å². The Hall–Kier alpha value is -1.09. The average Bonchev–Trinajstić information content (AvgIpc) is 2.14. The van der Waals surface area contributed by atoms with E-state index in [4.69, 9.17) is 10.5 Å². The number of para-hydroxylation sites is 1. The molecule has 0 amide bonds. The molecule has 0 spiro atoms. The second-order valence-electron chi connectivity index (χ2n) is 5.04. The van der Waals surface area contributed by atoms with Gasteiger partial charge in [0.1, 0.15) is 0 Å². The number of rotatable bonds is 5. The largest absolute Gasteiger partial charge is 0.490 e. The fourth-order valence-corrected chi connectivity index (χ4v) is 1.75. The Balaban J connectivity index is 2.43. The van der Waals surface area contributed by atoms with E-state index in [1.165, 1.54) is 6.07 Å². The molecule has 90 valence electrons. The van der Waals surface area contributed by atoms with Crippen LogP contribution in [0, 0.1) is 11.7 Å². The Morgan fingerprint density at radius 2 is 2.00 bits per heavy atom. The maximum atomic E-state index is 13.2. The van der Waals surface area contributed by atoms with Crippen molar-refractivity contribution in [3.8, 4) is 5.75 Å². The smallest absolute Gasteiger partial charge is 0.165 e. The maximum absolute atomic E-state index is 13.2. The van der Waals surface area contributed by atoms with Gasteiger partial charge in [-0.1, -0.05) is 19.1 Å². The van der Waals surface area contributed by atoms with E-state index >= 15 is 0 Å². The second kappa shape index (κ2) is 5.30. The van der Waals surface area contributed by atoms with Crippen LogP contribution in [0.1, 0.15) is 27.2 Å². The van der Waals surface area contributed by atoms with Gasteiger partial charge in [-0.15, -0.1) is 0 Å². The van der Waals surface area contributed by atoms with Gasteiger partial charge in [0.2, 0.25) is 0 Å².